The Morgan fingerprint density at radius 2 is 1.58 bits per heavy atom. The Morgan fingerprint density at radius 3 is 2.25 bits per heavy atom. The molecule has 1 heterocycles. The maximum absolute atomic E-state index is 10.8. The van der Waals surface area contributed by atoms with Crippen molar-refractivity contribution < 1.29 is 19.0 Å². The van der Waals surface area contributed by atoms with E-state index in [4.69, 9.17) is 14.2 Å². The lowest BCUT2D eigenvalue weighted by atomic mass is 10.1. The molecule has 0 spiro atoms. The minimum atomic E-state index is -0.507. The van der Waals surface area contributed by atoms with Crippen molar-refractivity contribution in [2.75, 3.05) is 13.2 Å². The summed E-state index contributed by atoms with van der Waals surface area (Å²) >= 11 is 0. The number of hydrogen-bond donors (Lipinski definition) is 0. The first-order valence-corrected chi connectivity index (χ1v) is 9.29. The summed E-state index contributed by atoms with van der Waals surface area (Å²) in [7, 11) is 0. The van der Waals surface area contributed by atoms with Crippen LogP contribution in [0.25, 0.3) is 0 Å². The Morgan fingerprint density at radius 1 is 0.917 bits per heavy atom. The molecule has 1 aliphatic heterocycles. The smallest absolute Gasteiger partial charge is 0.430 e. The molecule has 0 N–H and O–H groups in total. The van der Waals surface area contributed by atoms with E-state index in [2.05, 4.69) is 12.1 Å². The molecule has 0 aromatic heterocycles. The van der Waals surface area contributed by atoms with Crippen LogP contribution in [0.2, 0.25) is 0 Å². The molecule has 0 radical (unpaired) electrons. The van der Waals surface area contributed by atoms with Crippen LogP contribution in [0.3, 0.4) is 0 Å². The van der Waals surface area contributed by atoms with Gasteiger partial charge < -0.3 is 14.2 Å². The SMILES string of the molecule is O=C1OC[C@@H](CCCCCCCCCCOCc2ccccc2)O1. The van der Waals surface area contributed by atoms with Gasteiger partial charge in [0.2, 0.25) is 0 Å². The van der Waals surface area contributed by atoms with E-state index in [1.165, 1.54) is 44.1 Å². The molecule has 0 aliphatic carbocycles. The van der Waals surface area contributed by atoms with E-state index in [0.717, 1.165) is 32.5 Å². The lowest BCUT2D eigenvalue weighted by molar-refractivity contribution is 0.115. The predicted molar refractivity (Wildman–Crippen MR) is 93.9 cm³/mol. The van der Waals surface area contributed by atoms with E-state index in [0.29, 0.717) is 6.61 Å². The van der Waals surface area contributed by atoms with E-state index in [1.807, 2.05) is 18.2 Å². The Labute approximate surface area is 145 Å². The number of ether oxygens (including phenoxy) is 3. The van der Waals surface area contributed by atoms with E-state index in [9.17, 15) is 4.79 Å². The standard InChI is InChI=1S/C20H30O4/c21-20-23-17-19(24-20)14-10-5-3-1-2-4-6-11-15-22-16-18-12-8-7-9-13-18/h7-9,12-13,19H,1-6,10-11,14-17H2/t19-/m1/s1. The molecule has 1 aromatic carbocycles. The number of hydrogen-bond acceptors (Lipinski definition) is 4. The Kier molecular flexibility index (Phi) is 9.32. The number of carbonyl (C=O) groups excluding carboxylic acids is 1. The van der Waals surface area contributed by atoms with Crippen LogP contribution in [-0.2, 0) is 20.8 Å². The van der Waals surface area contributed by atoms with Crippen molar-refractivity contribution in [3.63, 3.8) is 0 Å². The number of cyclic esters (lactones) is 2. The molecule has 1 atom stereocenters. The fourth-order valence-corrected chi connectivity index (χ4v) is 2.91. The van der Waals surface area contributed by atoms with Crippen LogP contribution in [0, 0.1) is 0 Å². The molecular formula is C20H30O4. The normalized spacial score (nSPS) is 16.8. The lowest BCUT2D eigenvalue weighted by Gasteiger charge is -2.06. The van der Waals surface area contributed by atoms with Crippen molar-refractivity contribution in [3.05, 3.63) is 35.9 Å². The third-order valence-electron chi connectivity index (χ3n) is 4.33. The zero-order valence-electron chi connectivity index (χ0n) is 14.6. The minimum absolute atomic E-state index is 0.00612. The van der Waals surface area contributed by atoms with Gasteiger partial charge in [0.25, 0.3) is 0 Å². The molecule has 1 saturated heterocycles. The van der Waals surface area contributed by atoms with E-state index < -0.39 is 6.16 Å². The van der Waals surface area contributed by atoms with Gasteiger partial charge >= 0.3 is 6.16 Å². The van der Waals surface area contributed by atoms with Crippen LogP contribution < -0.4 is 0 Å². The summed E-state index contributed by atoms with van der Waals surface area (Å²) in [5.74, 6) is 0. The molecule has 0 unspecified atom stereocenters. The Hall–Kier alpha value is -1.55. The second kappa shape index (κ2) is 11.9. The molecule has 134 valence electrons. The predicted octanol–water partition coefficient (Wildman–Crippen LogP) is 5.25. The average Bonchev–Trinajstić information content (AvgIpc) is 3.02. The van der Waals surface area contributed by atoms with Gasteiger partial charge in [-0.15, -0.1) is 0 Å². The highest BCUT2D eigenvalue weighted by Gasteiger charge is 2.23. The summed E-state index contributed by atoms with van der Waals surface area (Å²) < 4.78 is 15.5. The van der Waals surface area contributed by atoms with E-state index in [-0.39, 0.29) is 6.10 Å². The fraction of sp³-hybridized carbons (Fsp3) is 0.650. The molecule has 1 aliphatic rings. The number of carbonyl (C=O) groups is 1. The topological polar surface area (TPSA) is 44.8 Å². The van der Waals surface area contributed by atoms with Crippen molar-refractivity contribution in [3.8, 4) is 0 Å². The second-order valence-electron chi connectivity index (χ2n) is 6.46. The second-order valence-corrected chi connectivity index (χ2v) is 6.46. The van der Waals surface area contributed by atoms with E-state index >= 15 is 0 Å². The highest BCUT2D eigenvalue weighted by Crippen LogP contribution is 2.15. The zero-order chi connectivity index (χ0) is 16.9. The van der Waals surface area contributed by atoms with Gasteiger partial charge in [0, 0.05) is 6.61 Å². The van der Waals surface area contributed by atoms with Crippen LogP contribution in [0.1, 0.15) is 63.4 Å². The molecule has 0 amide bonds. The van der Waals surface area contributed by atoms with Gasteiger partial charge in [-0.1, -0.05) is 68.9 Å². The lowest BCUT2D eigenvalue weighted by Crippen LogP contribution is -2.09. The molecule has 0 bridgehead atoms. The van der Waals surface area contributed by atoms with Crippen molar-refractivity contribution in [2.45, 2.75) is 70.5 Å². The fourth-order valence-electron chi connectivity index (χ4n) is 2.91. The van der Waals surface area contributed by atoms with Crippen molar-refractivity contribution in [1.82, 2.24) is 0 Å². The van der Waals surface area contributed by atoms with Gasteiger partial charge in [-0.3, -0.25) is 0 Å². The molecule has 1 fully saturated rings. The maximum Gasteiger partial charge on any atom is 0.508 e. The van der Waals surface area contributed by atoms with Crippen molar-refractivity contribution in [2.24, 2.45) is 0 Å². The molecule has 4 nitrogen and oxygen atoms in total. The summed E-state index contributed by atoms with van der Waals surface area (Å²) in [6, 6.07) is 10.3. The van der Waals surface area contributed by atoms with E-state index in [1.54, 1.807) is 0 Å². The Bertz CT molecular complexity index is 446. The third-order valence-corrected chi connectivity index (χ3v) is 4.33. The van der Waals surface area contributed by atoms with Crippen LogP contribution in [0.4, 0.5) is 4.79 Å². The maximum atomic E-state index is 10.8. The first-order valence-electron chi connectivity index (χ1n) is 9.29. The minimum Gasteiger partial charge on any atom is -0.430 e. The van der Waals surface area contributed by atoms with Gasteiger partial charge in [0.15, 0.2) is 0 Å². The van der Waals surface area contributed by atoms with Crippen LogP contribution >= 0.6 is 0 Å². The third kappa shape index (κ3) is 8.34. The monoisotopic (exact) mass is 334 g/mol. The number of unbranched alkanes of at least 4 members (excludes halogenated alkanes) is 7. The largest absolute Gasteiger partial charge is 0.508 e. The number of benzene rings is 1. The molecule has 1 aromatic rings. The number of rotatable bonds is 13. The van der Waals surface area contributed by atoms with Crippen LogP contribution in [-0.4, -0.2) is 25.5 Å². The summed E-state index contributed by atoms with van der Waals surface area (Å²) in [6.07, 6.45) is 10.3. The first kappa shape index (κ1) is 18.8. The van der Waals surface area contributed by atoms with Gasteiger partial charge in [-0.2, -0.15) is 0 Å². The molecule has 24 heavy (non-hydrogen) atoms. The summed E-state index contributed by atoms with van der Waals surface area (Å²) in [5, 5.41) is 0. The van der Waals surface area contributed by atoms with Crippen LogP contribution in [0.15, 0.2) is 30.3 Å². The Balaban J connectivity index is 1.29. The summed E-state index contributed by atoms with van der Waals surface area (Å²) in [4.78, 5) is 10.8. The molecule has 2 rings (SSSR count). The zero-order valence-corrected chi connectivity index (χ0v) is 14.6. The summed E-state index contributed by atoms with van der Waals surface area (Å²) in [5.41, 5.74) is 1.25. The highest BCUT2D eigenvalue weighted by molar-refractivity contribution is 5.61. The molecular weight excluding hydrogens is 304 g/mol. The highest BCUT2D eigenvalue weighted by atomic mass is 16.8. The van der Waals surface area contributed by atoms with Gasteiger partial charge in [0.05, 0.1) is 6.61 Å². The average molecular weight is 334 g/mol. The quantitative estimate of drug-likeness (QED) is 0.365. The summed E-state index contributed by atoms with van der Waals surface area (Å²) in [6.45, 7) is 2.02. The van der Waals surface area contributed by atoms with Crippen molar-refractivity contribution >= 4 is 6.16 Å². The van der Waals surface area contributed by atoms with Crippen LogP contribution in [0.5, 0.6) is 0 Å². The van der Waals surface area contributed by atoms with Gasteiger partial charge in [-0.05, 0) is 24.8 Å². The molecule has 4 heteroatoms. The van der Waals surface area contributed by atoms with Gasteiger partial charge in [-0.25, -0.2) is 4.79 Å². The first-order chi connectivity index (χ1) is 11.8. The molecule has 0 saturated carbocycles. The van der Waals surface area contributed by atoms with Crippen molar-refractivity contribution in [1.29, 1.82) is 0 Å². The van der Waals surface area contributed by atoms with Gasteiger partial charge in [0.1, 0.15) is 12.7 Å².